The van der Waals surface area contributed by atoms with Crippen molar-refractivity contribution in [3.63, 3.8) is 0 Å². The molecule has 0 bridgehead atoms. The van der Waals surface area contributed by atoms with Crippen molar-refractivity contribution in [1.82, 2.24) is 10.6 Å². The van der Waals surface area contributed by atoms with Gasteiger partial charge in [0.1, 0.15) is 0 Å². The maximum Gasteiger partial charge on any atom is 0.306 e. The number of carboxylic acids is 1. The Morgan fingerprint density at radius 2 is 1.73 bits per heavy atom. The van der Waals surface area contributed by atoms with E-state index in [1.165, 1.54) is 11.3 Å². The molecule has 2 amide bonds. The lowest BCUT2D eigenvalue weighted by molar-refractivity contribution is -0.144. The number of rotatable bonds is 6. The van der Waals surface area contributed by atoms with E-state index in [1.54, 1.807) is 6.07 Å². The van der Waals surface area contributed by atoms with Gasteiger partial charge in [-0.3, -0.25) is 14.4 Å². The van der Waals surface area contributed by atoms with Gasteiger partial charge >= 0.3 is 5.97 Å². The largest absolute Gasteiger partial charge is 0.481 e. The van der Waals surface area contributed by atoms with E-state index in [-0.39, 0.29) is 23.7 Å². The molecular weight excluding hydrogens is 304 g/mol. The minimum absolute atomic E-state index is 0.0470. The van der Waals surface area contributed by atoms with Gasteiger partial charge < -0.3 is 15.7 Å². The molecule has 1 saturated carbocycles. The summed E-state index contributed by atoms with van der Waals surface area (Å²) in [4.78, 5) is 35.2. The van der Waals surface area contributed by atoms with Gasteiger partial charge in [-0.05, 0) is 37.1 Å². The molecule has 0 saturated heterocycles. The van der Waals surface area contributed by atoms with Crippen molar-refractivity contribution in [2.45, 2.75) is 25.7 Å². The van der Waals surface area contributed by atoms with Crippen molar-refractivity contribution in [3.05, 3.63) is 22.4 Å². The lowest BCUT2D eigenvalue weighted by Crippen LogP contribution is -2.39. The molecule has 1 aromatic rings. The second-order valence-electron chi connectivity index (χ2n) is 5.41. The number of amides is 2. The Kier molecular flexibility index (Phi) is 5.94. The van der Waals surface area contributed by atoms with Gasteiger partial charge in [0.05, 0.1) is 10.8 Å². The first-order valence-corrected chi connectivity index (χ1v) is 8.28. The first-order valence-electron chi connectivity index (χ1n) is 7.40. The number of carbonyl (C=O) groups is 3. The highest BCUT2D eigenvalue weighted by atomic mass is 32.1. The summed E-state index contributed by atoms with van der Waals surface area (Å²) in [6, 6.07) is 3.56. The van der Waals surface area contributed by atoms with Gasteiger partial charge in [0, 0.05) is 19.0 Å². The minimum atomic E-state index is -0.768. The van der Waals surface area contributed by atoms with Crippen LogP contribution in [0.25, 0.3) is 0 Å². The molecule has 0 atom stereocenters. The average molecular weight is 324 g/mol. The summed E-state index contributed by atoms with van der Waals surface area (Å²) < 4.78 is 0. The number of carbonyl (C=O) groups excluding carboxylic acids is 2. The summed E-state index contributed by atoms with van der Waals surface area (Å²) in [6.07, 6.45) is 2.35. The Balaban J connectivity index is 1.62. The van der Waals surface area contributed by atoms with E-state index in [1.807, 2.05) is 11.4 Å². The summed E-state index contributed by atoms with van der Waals surface area (Å²) in [7, 11) is 0. The molecular formula is C15H20N2O4S. The van der Waals surface area contributed by atoms with Crippen LogP contribution in [0.15, 0.2) is 17.5 Å². The van der Waals surface area contributed by atoms with Crippen LogP contribution in [-0.4, -0.2) is 36.0 Å². The molecule has 1 aliphatic carbocycles. The lowest BCUT2D eigenvalue weighted by Gasteiger charge is -2.25. The molecule has 3 N–H and O–H groups in total. The maximum atomic E-state index is 12.0. The first kappa shape index (κ1) is 16.5. The fourth-order valence-electron chi connectivity index (χ4n) is 2.60. The van der Waals surface area contributed by atoms with E-state index in [0.717, 1.165) is 0 Å². The number of thiophene rings is 1. The van der Waals surface area contributed by atoms with Crippen LogP contribution in [0.2, 0.25) is 0 Å². The van der Waals surface area contributed by atoms with Gasteiger partial charge in [0.25, 0.3) is 5.91 Å². The highest BCUT2D eigenvalue weighted by Crippen LogP contribution is 2.28. The first-order chi connectivity index (χ1) is 10.6. The standard InChI is InChI=1S/C15H20N2O4S/c18-13(10-3-5-11(6-4-10)15(20)21)16-7-8-17-14(19)12-2-1-9-22-12/h1-2,9-11H,3-8H2,(H,16,18)(H,17,19)(H,20,21). The molecule has 1 aliphatic rings. The smallest absolute Gasteiger partial charge is 0.306 e. The van der Waals surface area contributed by atoms with E-state index in [2.05, 4.69) is 10.6 Å². The third-order valence-corrected chi connectivity index (χ3v) is 4.77. The molecule has 0 unspecified atom stereocenters. The van der Waals surface area contributed by atoms with Crippen LogP contribution in [0, 0.1) is 11.8 Å². The Morgan fingerprint density at radius 1 is 1.09 bits per heavy atom. The molecule has 0 aromatic carbocycles. The van der Waals surface area contributed by atoms with E-state index in [4.69, 9.17) is 5.11 Å². The molecule has 2 rings (SSSR count). The summed E-state index contributed by atoms with van der Waals surface area (Å²) in [6.45, 7) is 0.766. The van der Waals surface area contributed by atoms with Crippen LogP contribution in [0.5, 0.6) is 0 Å². The van der Waals surface area contributed by atoms with Crippen molar-refractivity contribution in [2.24, 2.45) is 11.8 Å². The summed E-state index contributed by atoms with van der Waals surface area (Å²) >= 11 is 1.37. The van der Waals surface area contributed by atoms with E-state index in [9.17, 15) is 14.4 Å². The van der Waals surface area contributed by atoms with E-state index < -0.39 is 5.97 Å². The number of hydrogen-bond acceptors (Lipinski definition) is 4. The zero-order valence-corrected chi connectivity index (χ0v) is 13.0. The monoisotopic (exact) mass is 324 g/mol. The summed E-state index contributed by atoms with van der Waals surface area (Å²) in [5.41, 5.74) is 0. The number of hydrogen-bond donors (Lipinski definition) is 3. The number of carboxylic acid groups (broad SMARTS) is 1. The third-order valence-electron chi connectivity index (χ3n) is 3.90. The van der Waals surface area contributed by atoms with Gasteiger partial charge in [-0.1, -0.05) is 6.07 Å². The predicted octanol–water partition coefficient (Wildman–Crippen LogP) is 1.49. The van der Waals surface area contributed by atoms with Crippen LogP contribution in [-0.2, 0) is 9.59 Å². The second kappa shape index (κ2) is 7.93. The highest BCUT2D eigenvalue weighted by Gasteiger charge is 2.29. The van der Waals surface area contributed by atoms with Crippen molar-refractivity contribution in [3.8, 4) is 0 Å². The Morgan fingerprint density at radius 3 is 2.32 bits per heavy atom. The fourth-order valence-corrected chi connectivity index (χ4v) is 3.24. The zero-order chi connectivity index (χ0) is 15.9. The molecule has 7 heteroatoms. The second-order valence-corrected chi connectivity index (χ2v) is 6.36. The quantitative estimate of drug-likeness (QED) is 0.691. The number of aliphatic carboxylic acids is 1. The number of nitrogens with one attached hydrogen (secondary N) is 2. The molecule has 22 heavy (non-hydrogen) atoms. The van der Waals surface area contributed by atoms with Crippen LogP contribution in [0.1, 0.15) is 35.4 Å². The van der Waals surface area contributed by atoms with Gasteiger partial charge in [0.2, 0.25) is 5.91 Å². The third kappa shape index (κ3) is 4.56. The molecule has 1 aromatic heterocycles. The highest BCUT2D eigenvalue weighted by molar-refractivity contribution is 7.12. The van der Waals surface area contributed by atoms with Crippen molar-refractivity contribution >= 4 is 29.1 Å². The SMILES string of the molecule is O=C(NCCNC(=O)C1CCC(C(=O)O)CC1)c1cccs1. The zero-order valence-electron chi connectivity index (χ0n) is 12.2. The summed E-state index contributed by atoms with van der Waals surface area (Å²) in [5, 5.41) is 16.3. The topological polar surface area (TPSA) is 95.5 Å². The molecule has 6 nitrogen and oxygen atoms in total. The Hall–Kier alpha value is -1.89. The minimum Gasteiger partial charge on any atom is -0.481 e. The average Bonchev–Trinajstić information content (AvgIpc) is 3.05. The molecule has 0 radical (unpaired) electrons. The Bertz CT molecular complexity index is 522. The molecule has 120 valence electrons. The van der Waals surface area contributed by atoms with Crippen LogP contribution >= 0.6 is 11.3 Å². The molecule has 0 aliphatic heterocycles. The maximum absolute atomic E-state index is 12.0. The normalized spacial score (nSPS) is 21.1. The van der Waals surface area contributed by atoms with E-state index >= 15 is 0 Å². The molecule has 1 fully saturated rings. The van der Waals surface area contributed by atoms with Crippen molar-refractivity contribution < 1.29 is 19.5 Å². The van der Waals surface area contributed by atoms with Gasteiger partial charge in [-0.2, -0.15) is 0 Å². The van der Waals surface area contributed by atoms with Gasteiger partial charge in [-0.15, -0.1) is 11.3 Å². The van der Waals surface area contributed by atoms with Crippen LogP contribution in [0.4, 0.5) is 0 Å². The Labute approximate surface area is 132 Å². The predicted molar refractivity (Wildman–Crippen MR) is 82.7 cm³/mol. The van der Waals surface area contributed by atoms with Crippen molar-refractivity contribution in [1.29, 1.82) is 0 Å². The van der Waals surface area contributed by atoms with Gasteiger partial charge in [0.15, 0.2) is 0 Å². The van der Waals surface area contributed by atoms with Crippen LogP contribution < -0.4 is 10.6 Å². The van der Waals surface area contributed by atoms with Gasteiger partial charge in [-0.25, -0.2) is 0 Å². The van der Waals surface area contributed by atoms with Crippen molar-refractivity contribution in [2.75, 3.05) is 13.1 Å². The van der Waals surface area contributed by atoms with Crippen LogP contribution in [0.3, 0.4) is 0 Å². The molecule has 0 spiro atoms. The fraction of sp³-hybridized carbons (Fsp3) is 0.533. The lowest BCUT2D eigenvalue weighted by atomic mass is 9.81. The van der Waals surface area contributed by atoms with E-state index in [0.29, 0.717) is 43.6 Å². The molecule has 1 heterocycles. The summed E-state index contributed by atoms with van der Waals surface area (Å²) in [5.74, 6) is -1.37.